The number of H-pyrrole nitrogens is 1. The number of ether oxygens (including phenoxy) is 2. The van der Waals surface area contributed by atoms with Crippen LogP contribution in [-0.4, -0.2) is 52.5 Å². The second-order valence-corrected chi connectivity index (χ2v) is 16.9. The number of thioether (sulfide) groups is 1. The van der Waals surface area contributed by atoms with Gasteiger partial charge in [-0.1, -0.05) is 133 Å². The lowest BCUT2D eigenvalue weighted by Crippen LogP contribution is -2.47. The Balaban J connectivity index is 1.04. The Bertz CT molecular complexity index is 2330. The number of amides is 1. The zero-order valence-corrected chi connectivity index (χ0v) is 33.2. The topological polar surface area (TPSA) is 156 Å². The molecule has 1 aliphatic heterocycles. The number of carbonyl (C=O) groups is 1. The van der Waals surface area contributed by atoms with E-state index in [1.807, 2.05) is 110 Å². The Hall–Kier alpha value is -5.15. The number of aliphatic hydroxyl groups excluding tert-OH is 1. The van der Waals surface area contributed by atoms with Crippen LogP contribution in [0.1, 0.15) is 52.7 Å². The van der Waals surface area contributed by atoms with Gasteiger partial charge in [-0.15, -0.1) is 0 Å². The second-order valence-electron chi connectivity index (χ2n) is 14.1. The highest BCUT2D eigenvalue weighted by molar-refractivity contribution is 7.99. The minimum atomic E-state index is -3.96. The van der Waals surface area contributed by atoms with Crippen molar-refractivity contribution in [1.82, 2.24) is 25.2 Å². The maximum Gasteiger partial charge on any atom is 0.241 e. The van der Waals surface area contributed by atoms with Crippen LogP contribution >= 0.6 is 11.8 Å². The Morgan fingerprint density at radius 1 is 0.842 bits per heavy atom. The van der Waals surface area contributed by atoms with E-state index in [2.05, 4.69) is 32.1 Å². The van der Waals surface area contributed by atoms with Crippen LogP contribution in [0.25, 0.3) is 11.1 Å². The lowest BCUT2D eigenvalue weighted by Gasteiger charge is -2.41. The average molecular weight is 804 g/mol. The average Bonchev–Trinajstić information content (AvgIpc) is 3.77. The molecule has 0 bridgehead atoms. The number of hydrogen-bond donors (Lipinski definition) is 4. The number of aliphatic hydroxyl groups is 1. The number of benzene rings is 5. The van der Waals surface area contributed by atoms with Gasteiger partial charge in [-0.05, 0) is 64.9 Å². The molecular formula is C44H45N5O6S2. The van der Waals surface area contributed by atoms with Crippen LogP contribution in [-0.2, 0) is 43.9 Å². The van der Waals surface area contributed by atoms with Crippen molar-refractivity contribution in [2.45, 2.75) is 68.0 Å². The maximum absolute atomic E-state index is 13.6. The van der Waals surface area contributed by atoms with Crippen LogP contribution in [0.5, 0.6) is 0 Å². The molecule has 0 saturated carbocycles. The SMILES string of the molecule is Cc1ccc(S(=O)(=O)N[C@H](Cc2ccccc2)C(=O)NCc2cccc(-c3ccc([C@H]4O[C@@H](CSc5ncn[nH]5)[C@@H](C)[C@@H](c5ccc(CO)cc5)O4)cc3)c2)cc1. The molecule has 13 heteroatoms. The summed E-state index contributed by atoms with van der Waals surface area (Å²) in [5.41, 5.74) is 7.28. The van der Waals surface area contributed by atoms with Gasteiger partial charge in [0.05, 0.1) is 23.7 Å². The van der Waals surface area contributed by atoms with E-state index in [-0.39, 0.29) is 42.6 Å². The summed E-state index contributed by atoms with van der Waals surface area (Å²) in [6, 6.07) is 38.6. The van der Waals surface area contributed by atoms with Gasteiger partial charge in [0.1, 0.15) is 12.4 Å². The van der Waals surface area contributed by atoms with Crippen LogP contribution in [0.4, 0.5) is 0 Å². The van der Waals surface area contributed by atoms with Gasteiger partial charge in [-0.2, -0.15) is 9.82 Å². The van der Waals surface area contributed by atoms with Crippen molar-refractivity contribution in [3.63, 3.8) is 0 Å². The lowest BCUT2D eigenvalue weighted by atomic mass is 9.91. The third-order valence-electron chi connectivity index (χ3n) is 10.0. The van der Waals surface area contributed by atoms with Gasteiger partial charge in [0.15, 0.2) is 11.4 Å². The molecule has 0 unspecified atom stereocenters. The molecule has 294 valence electrons. The van der Waals surface area contributed by atoms with E-state index >= 15 is 0 Å². The molecule has 11 nitrogen and oxygen atoms in total. The molecule has 1 saturated heterocycles. The molecule has 5 atom stereocenters. The van der Waals surface area contributed by atoms with Crippen LogP contribution in [0.3, 0.4) is 0 Å². The van der Waals surface area contributed by atoms with E-state index in [9.17, 15) is 18.3 Å². The molecule has 1 aromatic heterocycles. The summed E-state index contributed by atoms with van der Waals surface area (Å²) in [5, 5.41) is 20.1. The van der Waals surface area contributed by atoms with Crippen molar-refractivity contribution in [1.29, 1.82) is 0 Å². The molecule has 0 aliphatic carbocycles. The minimum Gasteiger partial charge on any atom is -0.392 e. The van der Waals surface area contributed by atoms with Crippen LogP contribution in [0.2, 0.25) is 0 Å². The van der Waals surface area contributed by atoms with Gasteiger partial charge in [0.2, 0.25) is 15.9 Å². The third-order valence-corrected chi connectivity index (χ3v) is 12.5. The zero-order chi connectivity index (χ0) is 39.8. The first-order valence-corrected chi connectivity index (χ1v) is 21.2. The van der Waals surface area contributed by atoms with Crippen molar-refractivity contribution in [3.05, 3.63) is 167 Å². The molecule has 1 fully saturated rings. The molecule has 4 N–H and O–H groups in total. The van der Waals surface area contributed by atoms with Crippen molar-refractivity contribution in [2.24, 2.45) is 5.92 Å². The fourth-order valence-electron chi connectivity index (χ4n) is 6.75. The molecule has 2 heterocycles. The molecule has 7 rings (SSSR count). The monoisotopic (exact) mass is 803 g/mol. The first kappa shape index (κ1) is 40.1. The molecular weight excluding hydrogens is 759 g/mol. The Kier molecular flexibility index (Phi) is 12.9. The zero-order valence-electron chi connectivity index (χ0n) is 31.6. The van der Waals surface area contributed by atoms with Gasteiger partial charge in [0.25, 0.3) is 0 Å². The Morgan fingerprint density at radius 3 is 2.26 bits per heavy atom. The van der Waals surface area contributed by atoms with Crippen LogP contribution in [0, 0.1) is 12.8 Å². The van der Waals surface area contributed by atoms with Gasteiger partial charge < -0.3 is 19.9 Å². The predicted octanol–water partition coefficient (Wildman–Crippen LogP) is 7.06. The molecule has 0 spiro atoms. The number of sulfonamides is 1. The molecule has 1 amide bonds. The molecule has 5 aromatic carbocycles. The first-order valence-electron chi connectivity index (χ1n) is 18.7. The van der Waals surface area contributed by atoms with Crippen molar-refractivity contribution < 1.29 is 27.8 Å². The highest BCUT2D eigenvalue weighted by Gasteiger charge is 2.38. The molecule has 0 radical (unpaired) electrons. The maximum atomic E-state index is 13.6. The van der Waals surface area contributed by atoms with E-state index in [0.29, 0.717) is 5.75 Å². The molecule has 6 aromatic rings. The number of carbonyl (C=O) groups excluding carboxylic acids is 1. The van der Waals surface area contributed by atoms with Crippen molar-refractivity contribution in [2.75, 3.05) is 5.75 Å². The summed E-state index contributed by atoms with van der Waals surface area (Å²) >= 11 is 1.55. The number of rotatable bonds is 15. The van der Waals surface area contributed by atoms with E-state index in [1.54, 1.807) is 23.9 Å². The largest absolute Gasteiger partial charge is 0.392 e. The second kappa shape index (κ2) is 18.4. The van der Waals surface area contributed by atoms with E-state index < -0.39 is 28.3 Å². The lowest BCUT2D eigenvalue weighted by molar-refractivity contribution is -0.268. The van der Waals surface area contributed by atoms with Crippen molar-refractivity contribution >= 4 is 27.7 Å². The smallest absolute Gasteiger partial charge is 0.241 e. The number of aromatic amines is 1. The number of hydrogen-bond acceptors (Lipinski definition) is 9. The normalized spacial score (nSPS) is 18.9. The number of nitrogens with zero attached hydrogens (tertiary/aromatic N) is 2. The summed E-state index contributed by atoms with van der Waals surface area (Å²) < 4.78 is 42.5. The highest BCUT2D eigenvalue weighted by Crippen LogP contribution is 2.43. The Labute approximate surface area is 337 Å². The molecule has 57 heavy (non-hydrogen) atoms. The van der Waals surface area contributed by atoms with Crippen LogP contribution in [0.15, 0.2) is 144 Å². The first-order chi connectivity index (χ1) is 27.6. The highest BCUT2D eigenvalue weighted by atomic mass is 32.2. The van der Waals surface area contributed by atoms with Gasteiger partial charge in [-0.3, -0.25) is 9.89 Å². The predicted molar refractivity (Wildman–Crippen MR) is 219 cm³/mol. The Morgan fingerprint density at radius 2 is 1.56 bits per heavy atom. The quantitative estimate of drug-likeness (QED) is 0.0799. The summed E-state index contributed by atoms with van der Waals surface area (Å²) in [7, 11) is -3.96. The number of aromatic nitrogens is 3. The van der Waals surface area contributed by atoms with Crippen molar-refractivity contribution in [3.8, 4) is 11.1 Å². The summed E-state index contributed by atoms with van der Waals surface area (Å²) in [6.45, 7) is 4.19. The number of aryl methyl sites for hydroxylation is 1. The standard InChI is InChI=1S/C44H45N5O6S2/c1-29-11-21-38(22-12-29)57(52,53)49-39(24-31-7-4-3-5-8-31)42(51)45-25-33-9-6-10-37(23-33)34-17-19-36(20-18-34)43-54-40(27-56-44-46-28-47-48-44)30(2)41(55-43)35-15-13-32(26-50)14-16-35/h3-23,28,30,39-41,43,49-50H,24-27H2,1-2H3,(H,45,51)(H,46,47,48)/t30-,39-,40+,41+,43+/m1/s1. The molecule has 1 aliphatic rings. The fourth-order valence-corrected chi connectivity index (χ4v) is 8.89. The van der Waals surface area contributed by atoms with E-state index in [1.165, 1.54) is 18.5 Å². The third kappa shape index (κ3) is 10.2. The number of nitrogens with one attached hydrogen (secondary N) is 3. The van der Waals surface area contributed by atoms with Gasteiger partial charge >= 0.3 is 0 Å². The summed E-state index contributed by atoms with van der Waals surface area (Å²) in [4.78, 5) is 18.0. The van der Waals surface area contributed by atoms with E-state index in [4.69, 9.17) is 9.47 Å². The summed E-state index contributed by atoms with van der Waals surface area (Å²) in [6.07, 6.45) is 0.662. The minimum absolute atomic E-state index is 0.0262. The van der Waals surface area contributed by atoms with Gasteiger partial charge in [-0.25, -0.2) is 13.4 Å². The van der Waals surface area contributed by atoms with Gasteiger partial charge in [0, 0.05) is 23.8 Å². The fraction of sp³-hybridized carbons (Fsp3) is 0.250. The van der Waals surface area contributed by atoms with Crippen LogP contribution < -0.4 is 10.0 Å². The summed E-state index contributed by atoms with van der Waals surface area (Å²) in [5.74, 6) is 0.251. The van der Waals surface area contributed by atoms with E-state index in [0.717, 1.165) is 49.7 Å².